The third kappa shape index (κ3) is 3.98. The Bertz CT molecular complexity index is 942. The minimum Gasteiger partial charge on any atom is -0.496 e. The molecule has 0 amide bonds. The number of hydrogen-bond acceptors (Lipinski definition) is 6. The first-order valence-corrected chi connectivity index (χ1v) is 8.40. The molecule has 0 aliphatic heterocycles. The summed E-state index contributed by atoms with van der Waals surface area (Å²) in [6.45, 7) is 0. The lowest BCUT2D eigenvalue weighted by molar-refractivity contribution is -0.384. The Labute approximate surface area is 147 Å². The minimum atomic E-state index is -4.10. The maximum Gasteiger partial charge on any atom is 0.339 e. The minimum absolute atomic E-state index is 0.0849. The van der Waals surface area contributed by atoms with Crippen molar-refractivity contribution in [3.63, 3.8) is 0 Å². The van der Waals surface area contributed by atoms with Crippen LogP contribution in [-0.4, -0.2) is 31.5 Å². The zero-order valence-electron chi connectivity index (χ0n) is 12.6. The maximum atomic E-state index is 12.4. The molecule has 2 rings (SSSR count). The number of carbonyl (C=O) groups is 1. The first kappa shape index (κ1) is 18.5. The molecule has 9 nitrogen and oxygen atoms in total. The molecule has 0 aliphatic carbocycles. The number of nitro groups is 1. The van der Waals surface area contributed by atoms with Gasteiger partial charge in [0.1, 0.15) is 11.3 Å². The van der Waals surface area contributed by atoms with Gasteiger partial charge in [-0.25, -0.2) is 13.2 Å². The average molecular weight is 387 g/mol. The second-order valence-electron chi connectivity index (χ2n) is 4.69. The van der Waals surface area contributed by atoms with Gasteiger partial charge in [0.05, 0.1) is 27.6 Å². The molecule has 0 fully saturated rings. The monoisotopic (exact) mass is 386 g/mol. The molecule has 0 saturated carbocycles. The van der Waals surface area contributed by atoms with Crippen molar-refractivity contribution in [3.05, 3.63) is 57.1 Å². The van der Waals surface area contributed by atoms with E-state index in [1.807, 2.05) is 0 Å². The van der Waals surface area contributed by atoms with Gasteiger partial charge in [0.25, 0.3) is 15.7 Å². The predicted molar refractivity (Wildman–Crippen MR) is 88.9 cm³/mol. The molecule has 0 spiro atoms. The fourth-order valence-electron chi connectivity index (χ4n) is 1.92. The molecule has 25 heavy (non-hydrogen) atoms. The summed E-state index contributed by atoms with van der Waals surface area (Å²) in [6, 6.07) is 6.41. The number of non-ortho nitro benzene ring substituents is 1. The van der Waals surface area contributed by atoms with Crippen LogP contribution >= 0.6 is 11.6 Å². The molecule has 0 bridgehead atoms. The number of carboxylic acids is 1. The summed E-state index contributed by atoms with van der Waals surface area (Å²) in [4.78, 5) is 20.8. The van der Waals surface area contributed by atoms with Crippen LogP contribution in [0, 0.1) is 10.1 Å². The van der Waals surface area contributed by atoms with Crippen LogP contribution in [0.25, 0.3) is 0 Å². The molecule has 11 heteroatoms. The van der Waals surface area contributed by atoms with Gasteiger partial charge in [-0.2, -0.15) is 0 Å². The summed E-state index contributed by atoms with van der Waals surface area (Å²) in [5, 5.41) is 19.5. The predicted octanol–water partition coefficient (Wildman–Crippen LogP) is 2.76. The number of hydrogen-bond donors (Lipinski definition) is 2. The first-order chi connectivity index (χ1) is 11.7. The van der Waals surface area contributed by atoms with E-state index in [0.29, 0.717) is 0 Å². The van der Waals surface area contributed by atoms with E-state index in [0.717, 1.165) is 36.4 Å². The van der Waals surface area contributed by atoms with E-state index < -0.39 is 20.9 Å². The Morgan fingerprint density at radius 2 is 1.88 bits per heavy atom. The van der Waals surface area contributed by atoms with Crippen LogP contribution in [0.2, 0.25) is 5.02 Å². The van der Waals surface area contributed by atoms with Crippen molar-refractivity contribution in [3.8, 4) is 5.75 Å². The second kappa shape index (κ2) is 6.95. The van der Waals surface area contributed by atoms with Crippen molar-refractivity contribution in [2.45, 2.75) is 4.90 Å². The second-order valence-corrected chi connectivity index (χ2v) is 6.78. The van der Waals surface area contributed by atoms with Gasteiger partial charge in [0.15, 0.2) is 0 Å². The molecule has 0 heterocycles. The Kier molecular flexibility index (Phi) is 5.14. The number of anilines is 1. The van der Waals surface area contributed by atoms with E-state index in [2.05, 4.69) is 4.72 Å². The quantitative estimate of drug-likeness (QED) is 0.575. The number of benzene rings is 2. The molecule has 0 atom stereocenters. The Morgan fingerprint density at radius 3 is 2.36 bits per heavy atom. The van der Waals surface area contributed by atoms with Crippen molar-refractivity contribution < 1.29 is 28.0 Å². The van der Waals surface area contributed by atoms with E-state index in [9.17, 15) is 23.3 Å². The van der Waals surface area contributed by atoms with Crippen LogP contribution in [0.4, 0.5) is 11.4 Å². The molecule has 2 aromatic rings. The highest BCUT2D eigenvalue weighted by atomic mass is 35.5. The lowest BCUT2D eigenvalue weighted by Crippen LogP contribution is -2.14. The molecule has 0 saturated heterocycles. The summed E-state index contributed by atoms with van der Waals surface area (Å²) < 4.78 is 31.8. The highest BCUT2D eigenvalue weighted by Crippen LogP contribution is 2.32. The van der Waals surface area contributed by atoms with Crippen LogP contribution in [0.5, 0.6) is 5.75 Å². The van der Waals surface area contributed by atoms with Crippen molar-refractivity contribution in [2.75, 3.05) is 11.8 Å². The molecule has 0 radical (unpaired) electrons. The number of nitrogens with one attached hydrogen (secondary N) is 1. The smallest absolute Gasteiger partial charge is 0.339 e. The fraction of sp³-hybridized carbons (Fsp3) is 0.0714. The third-order valence-electron chi connectivity index (χ3n) is 3.12. The van der Waals surface area contributed by atoms with Crippen molar-refractivity contribution >= 4 is 39.0 Å². The van der Waals surface area contributed by atoms with E-state index in [1.165, 1.54) is 7.11 Å². The Morgan fingerprint density at radius 1 is 1.28 bits per heavy atom. The van der Waals surface area contributed by atoms with Gasteiger partial charge >= 0.3 is 5.97 Å². The molecule has 132 valence electrons. The number of nitrogens with zero attached hydrogens (tertiary/aromatic N) is 1. The third-order valence-corrected chi connectivity index (χ3v) is 4.82. The number of halogens is 1. The van der Waals surface area contributed by atoms with Crippen molar-refractivity contribution in [1.29, 1.82) is 0 Å². The van der Waals surface area contributed by atoms with Gasteiger partial charge in [-0.15, -0.1) is 0 Å². The van der Waals surface area contributed by atoms with Gasteiger partial charge in [-0.05, 0) is 18.2 Å². The average Bonchev–Trinajstić information content (AvgIpc) is 2.56. The molecule has 2 N–H and O–H groups in total. The standard InChI is InChI=1S/C14H11ClN2O7S/c1-24-13-7-12(11(15)6-10(13)14(18)19)16-25(22,23)9-4-2-8(3-5-9)17(20)21/h2-7,16H,1H3,(H,18,19). The van der Waals surface area contributed by atoms with Crippen LogP contribution in [0.1, 0.15) is 10.4 Å². The highest BCUT2D eigenvalue weighted by molar-refractivity contribution is 7.92. The Balaban J connectivity index is 2.40. The Hall–Kier alpha value is -2.85. The zero-order valence-corrected chi connectivity index (χ0v) is 14.2. The maximum absolute atomic E-state index is 12.4. The zero-order chi connectivity index (χ0) is 18.8. The van der Waals surface area contributed by atoms with Gasteiger partial charge in [0.2, 0.25) is 0 Å². The topological polar surface area (TPSA) is 136 Å². The van der Waals surface area contributed by atoms with E-state index in [4.69, 9.17) is 21.4 Å². The lowest BCUT2D eigenvalue weighted by Gasteiger charge is -2.13. The van der Waals surface area contributed by atoms with E-state index >= 15 is 0 Å². The first-order valence-electron chi connectivity index (χ1n) is 6.54. The molecule has 2 aromatic carbocycles. The van der Waals surface area contributed by atoms with Crippen LogP contribution in [-0.2, 0) is 10.0 Å². The number of aromatic carboxylic acids is 1. The van der Waals surface area contributed by atoms with Gasteiger partial charge in [-0.1, -0.05) is 11.6 Å². The molecule has 0 aliphatic rings. The summed E-state index contributed by atoms with van der Waals surface area (Å²) >= 11 is 5.93. The van der Waals surface area contributed by atoms with Crippen LogP contribution < -0.4 is 9.46 Å². The summed E-state index contributed by atoms with van der Waals surface area (Å²) in [5.74, 6) is -1.37. The molecular weight excluding hydrogens is 376 g/mol. The van der Waals surface area contributed by atoms with Crippen LogP contribution in [0.3, 0.4) is 0 Å². The van der Waals surface area contributed by atoms with Gasteiger partial charge < -0.3 is 9.84 Å². The summed E-state index contributed by atoms with van der Waals surface area (Å²) in [6.07, 6.45) is 0. The molecular formula is C14H11ClN2O7S. The van der Waals surface area contributed by atoms with E-state index in [-0.39, 0.29) is 32.6 Å². The van der Waals surface area contributed by atoms with Crippen molar-refractivity contribution in [2.24, 2.45) is 0 Å². The number of ether oxygens (including phenoxy) is 1. The van der Waals surface area contributed by atoms with Crippen LogP contribution in [0.15, 0.2) is 41.3 Å². The largest absolute Gasteiger partial charge is 0.496 e. The number of carboxylic acid groups (broad SMARTS) is 1. The number of rotatable bonds is 6. The SMILES string of the molecule is COc1cc(NS(=O)(=O)c2ccc([N+](=O)[O-])cc2)c(Cl)cc1C(=O)O. The number of methoxy groups -OCH3 is 1. The molecule has 0 unspecified atom stereocenters. The highest BCUT2D eigenvalue weighted by Gasteiger charge is 2.20. The van der Waals surface area contributed by atoms with Gasteiger partial charge in [0, 0.05) is 18.2 Å². The van der Waals surface area contributed by atoms with Gasteiger partial charge in [-0.3, -0.25) is 14.8 Å². The fourth-order valence-corrected chi connectivity index (χ4v) is 3.26. The van der Waals surface area contributed by atoms with Crippen molar-refractivity contribution in [1.82, 2.24) is 0 Å². The number of sulfonamides is 1. The lowest BCUT2D eigenvalue weighted by atomic mass is 10.2. The summed E-state index contributed by atoms with van der Waals surface area (Å²) in [5.41, 5.74) is -0.586. The molecule has 0 aromatic heterocycles. The van der Waals surface area contributed by atoms with E-state index in [1.54, 1.807) is 0 Å². The summed E-state index contributed by atoms with van der Waals surface area (Å²) in [7, 11) is -2.87. The number of nitro benzene ring substituents is 1. The normalized spacial score (nSPS) is 11.0.